The number of nitrogens with one attached hydrogen (secondary N) is 1. The second kappa shape index (κ2) is 6.15. The third-order valence-electron chi connectivity index (χ3n) is 4.11. The number of carbonyl (C=O) groups excluding carboxylic acids is 1. The Kier molecular flexibility index (Phi) is 3.65. The average molecular weight is 383 g/mol. The number of carbonyl (C=O) groups is 1. The highest BCUT2D eigenvalue weighted by molar-refractivity contribution is 7.15. The van der Waals surface area contributed by atoms with E-state index in [0.29, 0.717) is 18.0 Å². The number of hydrogen-bond donors (Lipinski definition) is 1. The van der Waals surface area contributed by atoms with E-state index >= 15 is 0 Å². The Bertz CT molecular complexity index is 1100. The van der Waals surface area contributed by atoms with Gasteiger partial charge < -0.3 is 14.8 Å². The summed E-state index contributed by atoms with van der Waals surface area (Å²) < 4.78 is 12.5. The molecule has 0 radical (unpaired) electrons. The molecule has 6 nitrogen and oxygen atoms in total. The first-order chi connectivity index (χ1) is 12.8. The molecule has 1 aliphatic heterocycles. The summed E-state index contributed by atoms with van der Waals surface area (Å²) in [5.41, 5.74) is 2.43. The lowest BCUT2D eigenvalue weighted by atomic mass is 10.2. The summed E-state index contributed by atoms with van der Waals surface area (Å²) in [6.07, 6.45) is 1.91. The minimum Gasteiger partial charge on any atom is -0.454 e. The third kappa shape index (κ3) is 2.63. The quantitative estimate of drug-likeness (QED) is 0.582. The van der Waals surface area contributed by atoms with Crippen molar-refractivity contribution in [1.29, 1.82) is 0 Å². The summed E-state index contributed by atoms with van der Waals surface area (Å²) in [7, 11) is 0. The lowest BCUT2D eigenvalue weighted by molar-refractivity contribution is 0.0945. The monoisotopic (exact) mass is 383 g/mol. The Morgan fingerprint density at radius 3 is 3.04 bits per heavy atom. The van der Waals surface area contributed by atoms with Crippen LogP contribution in [0.3, 0.4) is 0 Å². The van der Waals surface area contributed by atoms with Crippen LogP contribution in [-0.2, 0) is 6.54 Å². The average Bonchev–Trinajstić information content (AvgIpc) is 3.42. The van der Waals surface area contributed by atoms with E-state index < -0.39 is 0 Å². The molecule has 5 rings (SSSR count). The van der Waals surface area contributed by atoms with Crippen LogP contribution in [0.5, 0.6) is 11.5 Å². The van der Waals surface area contributed by atoms with Gasteiger partial charge >= 0.3 is 0 Å². The topological polar surface area (TPSA) is 64.9 Å². The number of thiazole rings is 1. The SMILES string of the molecule is O=C(NCc1ccc2c(c1)OCO2)c1csc2nc(-c3cccs3)cn12. The first-order valence-corrected chi connectivity index (χ1v) is 9.71. The predicted molar refractivity (Wildman–Crippen MR) is 100 cm³/mol. The van der Waals surface area contributed by atoms with E-state index in [2.05, 4.69) is 10.3 Å². The van der Waals surface area contributed by atoms with Gasteiger partial charge in [-0.3, -0.25) is 9.20 Å². The van der Waals surface area contributed by atoms with Crippen LogP contribution in [0, 0.1) is 0 Å². The fourth-order valence-corrected chi connectivity index (χ4v) is 4.35. The normalized spacial score (nSPS) is 12.6. The van der Waals surface area contributed by atoms with Gasteiger partial charge in [0.1, 0.15) is 11.4 Å². The summed E-state index contributed by atoms with van der Waals surface area (Å²) in [5.74, 6) is 1.31. The summed E-state index contributed by atoms with van der Waals surface area (Å²) in [6.45, 7) is 0.657. The van der Waals surface area contributed by atoms with Crippen molar-refractivity contribution in [2.75, 3.05) is 6.79 Å². The van der Waals surface area contributed by atoms with E-state index in [4.69, 9.17) is 9.47 Å². The Balaban J connectivity index is 1.35. The van der Waals surface area contributed by atoms with Gasteiger partial charge in [-0.05, 0) is 29.1 Å². The molecule has 8 heteroatoms. The number of benzene rings is 1. The number of rotatable bonds is 4. The fourth-order valence-electron chi connectivity index (χ4n) is 2.81. The molecule has 3 aromatic heterocycles. The van der Waals surface area contributed by atoms with E-state index in [1.165, 1.54) is 11.3 Å². The van der Waals surface area contributed by atoms with Gasteiger partial charge in [0.15, 0.2) is 16.5 Å². The number of nitrogens with zero attached hydrogens (tertiary/aromatic N) is 2. The maximum absolute atomic E-state index is 12.6. The van der Waals surface area contributed by atoms with Crippen LogP contribution in [0.4, 0.5) is 0 Å². The van der Waals surface area contributed by atoms with E-state index in [1.807, 2.05) is 51.7 Å². The zero-order valence-corrected chi connectivity index (χ0v) is 15.1. The molecule has 0 fully saturated rings. The van der Waals surface area contributed by atoms with Crippen LogP contribution < -0.4 is 14.8 Å². The molecule has 1 N–H and O–H groups in total. The number of thiophene rings is 1. The Hall–Kier alpha value is -2.84. The van der Waals surface area contributed by atoms with Crippen molar-refractivity contribution in [2.45, 2.75) is 6.54 Å². The molecule has 1 amide bonds. The lowest BCUT2D eigenvalue weighted by Gasteiger charge is -2.05. The number of fused-ring (bicyclic) bond motifs is 2. The van der Waals surface area contributed by atoms with Crippen molar-refractivity contribution in [2.24, 2.45) is 0 Å². The minimum absolute atomic E-state index is 0.135. The van der Waals surface area contributed by atoms with Crippen molar-refractivity contribution < 1.29 is 14.3 Å². The van der Waals surface area contributed by atoms with Gasteiger partial charge in [-0.25, -0.2) is 4.98 Å². The smallest absolute Gasteiger partial charge is 0.269 e. The first-order valence-electron chi connectivity index (χ1n) is 7.95. The number of aromatic nitrogens is 2. The standard InChI is InChI=1S/C18H13N3O3S2/c22-17(19-7-11-3-4-14-15(6-11)24-10-23-14)13-9-26-18-20-12(8-21(13)18)16-2-1-5-25-16/h1-6,8-9H,7,10H2,(H,19,22). The second-order valence-electron chi connectivity index (χ2n) is 5.75. The molecule has 4 aromatic rings. The second-order valence-corrected chi connectivity index (χ2v) is 7.53. The van der Waals surface area contributed by atoms with Crippen molar-refractivity contribution in [3.8, 4) is 22.1 Å². The molecule has 0 aliphatic carbocycles. The molecule has 0 saturated carbocycles. The summed E-state index contributed by atoms with van der Waals surface area (Å²) in [4.78, 5) is 19.1. The largest absolute Gasteiger partial charge is 0.454 e. The lowest BCUT2D eigenvalue weighted by Crippen LogP contribution is -2.23. The zero-order valence-electron chi connectivity index (χ0n) is 13.5. The molecule has 4 heterocycles. The first kappa shape index (κ1) is 15.4. The van der Waals surface area contributed by atoms with Crippen LogP contribution in [-0.4, -0.2) is 22.1 Å². The Morgan fingerprint density at radius 1 is 1.23 bits per heavy atom. The van der Waals surface area contributed by atoms with Crippen molar-refractivity contribution in [3.05, 3.63) is 58.5 Å². The van der Waals surface area contributed by atoms with Crippen LogP contribution in [0.2, 0.25) is 0 Å². The highest BCUT2D eigenvalue weighted by atomic mass is 32.1. The molecule has 130 valence electrons. The number of ether oxygens (including phenoxy) is 2. The highest BCUT2D eigenvalue weighted by Gasteiger charge is 2.17. The van der Waals surface area contributed by atoms with Crippen LogP contribution in [0.15, 0.2) is 47.3 Å². The molecule has 0 saturated heterocycles. The number of hydrogen-bond acceptors (Lipinski definition) is 6. The van der Waals surface area contributed by atoms with E-state index in [0.717, 1.165) is 26.8 Å². The maximum Gasteiger partial charge on any atom is 0.269 e. The predicted octanol–water partition coefficient (Wildman–Crippen LogP) is 3.78. The summed E-state index contributed by atoms with van der Waals surface area (Å²) >= 11 is 3.09. The molecular formula is C18H13N3O3S2. The Morgan fingerprint density at radius 2 is 2.15 bits per heavy atom. The molecule has 0 spiro atoms. The molecular weight excluding hydrogens is 370 g/mol. The van der Waals surface area contributed by atoms with Gasteiger partial charge in [0.25, 0.3) is 5.91 Å². The Labute approximate surface area is 156 Å². The summed E-state index contributed by atoms with van der Waals surface area (Å²) in [5, 5.41) is 6.80. The maximum atomic E-state index is 12.6. The van der Waals surface area contributed by atoms with Gasteiger partial charge in [0, 0.05) is 18.1 Å². The molecule has 0 atom stereocenters. The van der Waals surface area contributed by atoms with Crippen molar-refractivity contribution in [1.82, 2.24) is 14.7 Å². The molecule has 0 unspecified atom stereocenters. The van der Waals surface area contributed by atoms with Gasteiger partial charge in [0.05, 0.1) is 4.88 Å². The number of imidazole rings is 1. The van der Waals surface area contributed by atoms with Gasteiger partial charge in [-0.1, -0.05) is 12.1 Å². The minimum atomic E-state index is -0.135. The summed E-state index contributed by atoms with van der Waals surface area (Å²) in [6, 6.07) is 9.68. The fraction of sp³-hybridized carbons (Fsp3) is 0.111. The number of amides is 1. The van der Waals surface area contributed by atoms with Gasteiger partial charge in [0.2, 0.25) is 6.79 Å². The van der Waals surface area contributed by atoms with Gasteiger partial charge in [-0.15, -0.1) is 22.7 Å². The van der Waals surface area contributed by atoms with Crippen LogP contribution in [0.1, 0.15) is 16.1 Å². The third-order valence-corrected chi connectivity index (χ3v) is 5.84. The zero-order chi connectivity index (χ0) is 17.5. The van der Waals surface area contributed by atoms with E-state index in [1.54, 1.807) is 11.3 Å². The molecule has 0 bridgehead atoms. The highest BCUT2D eigenvalue weighted by Crippen LogP contribution is 2.32. The van der Waals surface area contributed by atoms with Crippen molar-refractivity contribution >= 4 is 33.5 Å². The molecule has 1 aliphatic rings. The van der Waals surface area contributed by atoms with E-state index in [-0.39, 0.29) is 12.7 Å². The van der Waals surface area contributed by atoms with E-state index in [9.17, 15) is 4.79 Å². The van der Waals surface area contributed by atoms with Crippen LogP contribution >= 0.6 is 22.7 Å². The molecule has 1 aromatic carbocycles. The molecule has 26 heavy (non-hydrogen) atoms. The van der Waals surface area contributed by atoms with Crippen LogP contribution in [0.25, 0.3) is 15.5 Å². The van der Waals surface area contributed by atoms with Crippen molar-refractivity contribution in [3.63, 3.8) is 0 Å². The van der Waals surface area contributed by atoms with Gasteiger partial charge in [-0.2, -0.15) is 0 Å².